The molecule has 7 nitrogen and oxygen atoms in total. The van der Waals surface area contributed by atoms with Crippen molar-refractivity contribution in [3.63, 3.8) is 0 Å². The van der Waals surface area contributed by atoms with Crippen molar-refractivity contribution in [1.29, 1.82) is 0 Å². The Labute approximate surface area is 217 Å². The van der Waals surface area contributed by atoms with Crippen LogP contribution in [0, 0.1) is 24.2 Å². The number of carbonyl (C=O) groups is 2. The summed E-state index contributed by atoms with van der Waals surface area (Å²) in [5.74, 6) is -2.53. The Hall–Kier alpha value is -1.68. The first-order chi connectivity index (χ1) is 16.8. The SMILES string of the molecule is CC[C@H]1C(=O)C(C)(C)[C@@H](O)CC(=O)O[C@H](C(F)=Cc2csc(C)n2)C[C@H]2O[C@@]2(C)CCC[C@H](C)[C@@H]1O. The molecule has 2 N–H and O–H groups in total. The highest BCUT2D eigenvalue weighted by Gasteiger charge is 2.53. The van der Waals surface area contributed by atoms with Crippen molar-refractivity contribution in [2.75, 3.05) is 0 Å². The van der Waals surface area contributed by atoms with Crippen LogP contribution < -0.4 is 0 Å². The number of aryl methyl sites for hydroxylation is 1. The number of thiazole rings is 1. The number of cyclic esters (lactones) is 1. The van der Waals surface area contributed by atoms with Crippen LogP contribution in [0.2, 0.25) is 0 Å². The molecule has 0 spiro atoms. The Bertz CT molecular complexity index is 977. The van der Waals surface area contributed by atoms with E-state index in [9.17, 15) is 19.8 Å². The Kier molecular flexibility index (Phi) is 9.13. The molecule has 2 saturated heterocycles. The molecular formula is C27H40FNO6S. The van der Waals surface area contributed by atoms with Gasteiger partial charge in [0.1, 0.15) is 11.6 Å². The lowest BCUT2D eigenvalue weighted by atomic mass is 9.71. The average molecular weight is 526 g/mol. The van der Waals surface area contributed by atoms with E-state index in [4.69, 9.17) is 9.47 Å². The molecule has 0 amide bonds. The van der Waals surface area contributed by atoms with Crippen molar-refractivity contribution in [3.8, 4) is 0 Å². The molecule has 1 aromatic rings. The van der Waals surface area contributed by atoms with Gasteiger partial charge in [-0.3, -0.25) is 9.59 Å². The summed E-state index contributed by atoms with van der Waals surface area (Å²) in [5.41, 5.74) is -1.31. The van der Waals surface area contributed by atoms with E-state index in [1.54, 1.807) is 19.2 Å². The minimum absolute atomic E-state index is 0.125. The minimum atomic E-state index is -1.35. The molecule has 2 aliphatic heterocycles. The summed E-state index contributed by atoms with van der Waals surface area (Å²) in [7, 11) is 0. The van der Waals surface area contributed by atoms with Gasteiger partial charge in [-0.15, -0.1) is 11.3 Å². The van der Waals surface area contributed by atoms with E-state index in [-0.39, 0.29) is 24.2 Å². The van der Waals surface area contributed by atoms with Gasteiger partial charge < -0.3 is 19.7 Å². The molecule has 3 rings (SSSR count). The summed E-state index contributed by atoms with van der Waals surface area (Å²) >= 11 is 1.39. The quantitative estimate of drug-likeness (QED) is 0.432. The lowest BCUT2D eigenvalue weighted by Gasteiger charge is -2.35. The lowest BCUT2D eigenvalue weighted by molar-refractivity contribution is -0.155. The van der Waals surface area contributed by atoms with Crippen LogP contribution in [-0.4, -0.2) is 57.0 Å². The number of carbonyl (C=O) groups excluding carboxylic acids is 2. The Morgan fingerprint density at radius 1 is 1.31 bits per heavy atom. The van der Waals surface area contributed by atoms with Crippen LogP contribution in [0.3, 0.4) is 0 Å². The number of hydrogen-bond donors (Lipinski definition) is 2. The first-order valence-corrected chi connectivity index (χ1v) is 13.7. The Morgan fingerprint density at radius 3 is 2.61 bits per heavy atom. The maximum absolute atomic E-state index is 15.3. The molecule has 7 atom stereocenters. The molecule has 2 fully saturated rings. The number of aromatic nitrogens is 1. The number of aliphatic hydroxyl groups excluding tert-OH is 2. The predicted octanol–water partition coefficient (Wildman–Crippen LogP) is 4.77. The van der Waals surface area contributed by atoms with Crippen molar-refractivity contribution >= 4 is 29.2 Å². The van der Waals surface area contributed by atoms with Gasteiger partial charge in [-0.05, 0) is 45.1 Å². The monoisotopic (exact) mass is 525 g/mol. The maximum Gasteiger partial charge on any atom is 0.309 e. The highest BCUT2D eigenvalue weighted by molar-refractivity contribution is 7.09. The largest absolute Gasteiger partial charge is 0.455 e. The van der Waals surface area contributed by atoms with Crippen LogP contribution in [0.5, 0.6) is 0 Å². The standard InChI is InChI=1S/C27H40FNO6S/c1-7-18-24(32)15(2)9-8-10-27(6)22(35-27)12-20(19(28)11-17-14-36-16(3)29-17)34-23(31)13-21(30)26(4,5)25(18)33/h11,14-15,18,20-22,24,30,32H,7-10,12-13H2,1-6H3/t15-,18+,20-,21-,22+,24-,27-/m0/s1. The van der Waals surface area contributed by atoms with Crippen LogP contribution in [0.15, 0.2) is 11.2 Å². The van der Waals surface area contributed by atoms with Crippen molar-refractivity contribution in [3.05, 3.63) is 21.9 Å². The molecule has 0 aromatic carbocycles. The molecule has 1 aromatic heterocycles. The second-order valence-electron chi connectivity index (χ2n) is 11.1. The Morgan fingerprint density at radius 2 is 2.00 bits per heavy atom. The summed E-state index contributed by atoms with van der Waals surface area (Å²) in [4.78, 5) is 30.5. The fraction of sp³-hybridized carbons (Fsp3) is 0.741. The number of esters is 1. The van der Waals surface area contributed by atoms with Gasteiger partial charge in [0.15, 0.2) is 6.10 Å². The van der Waals surface area contributed by atoms with Gasteiger partial charge in [0, 0.05) is 17.7 Å². The van der Waals surface area contributed by atoms with Gasteiger partial charge in [0.05, 0.1) is 46.5 Å². The van der Waals surface area contributed by atoms with Gasteiger partial charge in [0.25, 0.3) is 0 Å². The van der Waals surface area contributed by atoms with Crippen LogP contribution in [-0.2, 0) is 19.1 Å². The van der Waals surface area contributed by atoms with E-state index >= 15 is 4.39 Å². The van der Waals surface area contributed by atoms with Crippen LogP contribution >= 0.6 is 11.3 Å². The zero-order valence-corrected chi connectivity index (χ0v) is 22.9. The number of Topliss-reactive ketones (excluding diaryl/α,β-unsaturated/α-hetero) is 1. The van der Waals surface area contributed by atoms with E-state index in [1.165, 1.54) is 17.4 Å². The van der Waals surface area contributed by atoms with Crippen molar-refractivity contribution < 1.29 is 33.7 Å². The number of epoxide rings is 1. The third-order valence-electron chi connectivity index (χ3n) is 7.90. The van der Waals surface area contributed by atoms with Crippen LogP contribution in [0.25, 0.3) is 6.08 Å². The first kappa shape index (κ1) is 28.9. The summed E-state index contributed by atoms with van der Waals surface area (Å²) in [6.07, 6.45) is -0.139. The molecule has 0 saturated carbocycles. The van der Waals surface area contributed by atoms with Crippen molar-refractivity contribution in [2.45, 2.75) is 110 Å². The lowest BCUT2D eigenvalue weighted by Crippen LogP contribution is -2.46. The molecule has 0 aliphatic carbocycles. The second-order valence-corrected chi connectivity index (χ2v) is 12.2. The van der Waals surface area contributed by atoms with Crippen LogP contribution in [0.1, 0.15) is 83.8 Å². The average Bonchev–Trinajstić information content (AvgIpc) is 3.24. The van der Waals surface area contributed by atoms with E-state index in [2.05, 4.69) is 4.98 Å². The van der Waals surface area contributed by atoms with E-state index < -0.39 is 53.5 Å². The van der Waals surface area contributed by atoms with Gasteiger partial charge in [-0.2, -0.15) is 0 Å². The third kappa shape index (κ3) is 6.60. The number of halogens is 1. The van der Waals surface area contributed by atoms with E-state index in [0.717, 1.165) is 11.4 Å². The number of ketones is 1. The number of rotatable bonds is 3. The number of fused-ring (bicyclic) bond motifs is 1. The number of hydrogen-bond acceptors (Lipinski definition) is 8. The first-order valence-electron chi connectivity index (χ1n) is 12.9. The molecule has 0 radical (unpaired) electrons. The number of aliphatic hydroxyl groups is 2. The summed E-state index contributed by atoms with van der Waals surface area (Å²) < 4.78 is 26.7. The minimum Gasteiger partial charge on any atom is -0.455 e. The molecule has 2 aliphatic rings. The zero-order chi connectivity index (χ0) is 26.8. The van der Waals surface area contributed by atoms with Gasteiger partial charge in [-0.1, -0.05) is 34.1 Å². The number of nitrogens with zero attached hydrogens (tertiary/aromatic N) is 1. The van der Waals surface area contributed by atoms with Crippen LogP contribution in [0.4, 0.5) is 4.39 Å². The van der Waals surface area contributed by atoms with E-state index in [1.807, 2.05) is 27.7 Å². The molecule has 9 heteroatoms. The zero-order valence-electron chi connectivity index (χ0n) is 22.1. The predicted molar refractivity (Wildman–Crippen MR) is 136 cm³/mol. The molecule has 36 heavy (non-hydrogen) atoms. The smallest absolute Gasteiger partial charge is 0.309 e. The molecule has 3 heterocycles. The maximum atomic E-state index is 15.3. The second kappa shape index (κ2) is 11.4. The topological polar surface area (TPSA) is 109 Å². The van der Waals surface area contributed by atoms with Crippen molar-refractivity contribution in [1.82, 2.24) is 4.98 Å². The molecular weight excluding hydrogens is 485 g/mol. The summed E-state index contributed by atoms with van der Waals surface area (Å²) in [6, 6.07) is 0. The summed E-state index contributed by atoms with van der Waals surface area (Å²) in [5, 5.41) is 24.4. The van der Waals surface area contributed by atoms with Crippen molar-refractivity contribution in [2.24, 2.45) is 17.3 Å². The molecule has 0 unspecified atom stereocenters. The van der Waals surface area contributed by atoms with E-state index in [0.29, 0.717) is 25.0 Å². The fourth-order valence-corrected chi connectivity index (χ4v) is 5.66. The Balaban J connectivity index is 1.87. The highest BCUT2D eigenvalue weighted by Crippen LogP contribution is 2.45. The van der Waals surface area contributed by atoms with Gasteiger partial charge in [0.2, 0.25) is 0 Å². The normalized spacial score (nSPS) is 36.8. The molecule has 202 valence electrons. The number of ether oxygens (including phenoxy) is 2. The van der Waals surface area contributed by atoms with Gasteiger partial charge in [-0.25, -0.2) is 9.37 Å². The highest BCUT2D eigenvalue weighted by atomic mass is 32.1. The molecule has 0 bridgehead atoms. The summed E-state index contributed by atoms with van der Waals surface area (Å²) in [6.45, 7) is 10.7. The fourth-order valence-electron chi connectivity index (χ4n) is 5.09. The van der Waals surface area contributed by atoms with Gasteiger partial charge >= 0.3 is 5.97 Å². The third-order valence-corrected chi connectivity index (χ3v) is 8.69.